The van der Waals surface area contributed by atoms with Crippen LogP contribution in [0.4, 0.5) is 0 Å². The summed E-state index contributed by atoms with van der Waals surface area (Å²) in [5.41, 5.74) is 2.33. The number of hydrogen-bond acceptors (Lipinski definition) is 5. The molecule has 23 heavy (non-hydrogen) atoms. The number of rotatable bonds is 7. The average Bonchev–Trinajstić information content (AvgIpc) is 3.05. The Morgan fingerprint density at radius 2 is 1.87 bits per heavy atom. The first-order chi connectivity index (χ1) is 11.3. The van der Waals surface area contributed by atoms with Crippen molar-refractivity contribution in [1.82, 2.24) is 14.9 Å². The third-order valence-corrected chi connectivity index (χ3v) is 4.55. The van der Waals surface area contributed by atoms with Gasteiger partial charge in [0.1, 0.15) is 5.01 Å². The van der Waals surface area contributed by atoms with Crippen LogP contribution in [0.1, 0.15) is 10.6 Å². The second-order valence-electron chi connectivity index (χ2n) is 5.28. The molecule has 0 aliphatic rings. The lowest BCUT2D eigenvalue weighted by Gasteiger charge is -2.19. The number of nitrogens with zero attached hydrogens (tertiary/aromatic N) is 3. The summed E-state index contributed by atoms with van der Waals surface area (Å²) in [4.78, 5) is 12.0. The van der Waals surface area contributed by atoms with Gasteiger partial charge in [-0.05, 0) is 17.2 Å². The maximum Gasteiger partial charge on any atom is 0.107 e. The van der Waals surface area contributed by atoms with Crippen LogP contribution in [0.3, 0.4) is 0 Å². The zero-order valence-electron chi connectivity index (χ0n) is 12.8. The quantitative estimate of drug-likeness (QED) is 0.725. The van der Waals surface area contributed by atoms with E-state index in [4.69, 9.17) is 0 Å². The monoisotopic (exact) mass is 325 g/mol. The van der Waals surface area contributed by atoms with E-state index in [1.54, 1.807) is 17.5 Å². The Bertz CT molecular complexity index is 715. The van der Waals surface area contributed by atoms with E-state index in [9.17, 15) is 5.11 Å². The van der Waals surface area contributed by atoms with Crippen LogP contribution in [0, 0.1) is 0 Å². The van der Waals surface area contributed by atoms with Crippen molar-refractivity contribution >= 4 is 11.3 Å². The molecule has 4 nitrogen and oxygen atoms in total. The van der Waals surface area contributed by atoms with Crippen LogP contribution < -0.4 is 0 Å². The molecule has 0 bridgehead atoms. The van der Waals surface area contributed by atoms with E-state index >= 15 is 0 Å². The number of hydrogen-bond donors (Lipinski definition) is 1. The maximum atomic E-state index is 9.30. The summed E-state index contributed by atoms with van der Waals surface area (Å²) in [6.45, 7) is 2.24. The standard InChI is InChI=1S/C18H19N3OS/c22-10-9-21(13-15-5-4-8-19-11-15)14-18-20-12-17(23-18)16-6-2-1-3-7-16/h1-8,11-12,22H,9-10,13-14H2. The van der Waals surface area contributed by atoms with E-state index in [2.05, 4.69) is 33.1 Å². The maximum absolute atomic E-state index is 9.30. The largest absolute Gasteiger partial charge is 0.395 e. The SMILES string of the molecule is OCCN(Cc1cccnc1)Cc1ncc(-c2ccccc2)s1. The molecule has 0 saturated heterocycles. The zero-order chi connectivity index (χ0) is 15.9. The molecule has 0 amide bonds. The molecule has 2 heterocycles. The minimum absolute atomic E-state index is 0.136. The van der Waals surface area contributed by atoms with E-state index in [0.717, 1.165) is 23.7 Å². The second-order valence-corrected chi connectivity index (χ2v) is 6.40. The highest BCUT2D eigenvalue weighted by molar-refractivity contribution is 7.15. The second kappa shape index (κ2) is 7.97. The topological polar surface area (TPSA) is 49.2 Å². The molecular weight excluding hydrogens is 306 g/mol. The summed E-state index contributed by atoms with van der Waals surface area (Å²) in [5, 5.41) is 10.4. The molecule has 3 aromatic rings. The Morgan fingerprint density at radius 3 is 2.61 bits per heavy atom. The third kappa shape index (κ3) is 4.45. The summed E-state index contributed by atoms with van der Waals surface area (Å²) >= 11 is 1.70. The fourth-order valence-electron chi connectivity index (χ4n) is 2.42. The van der Waals surface area contributed by atoms with Crippen molar-refractivity contribution in [1.29, 1.82) is 0 Å². The van der Waals surface area contributed by atoms with E-state index in [1.807, 2.05) is 36.7 Å². The van der Waals surface area contributed by atoms with Crippen LogP contribution in [0.15, 0.2) is 61.1 Å². The summed E-state index contributed by atoms with van der Waals surface area (Å²) in [6, 6.07) is 14.3. The van der Waals surface area contributed by atoms with Crippen LogP contribution >= 0.6 is 11.3 Å². The van der Waals surface area contributed by atoms with E-state index in [-0.39, 0.29) is 6.61 Å². The molecule has 0 aliphatic carbocycles. The smallest absolute Gasteiger partial charge is 0.107 e. The number of thiazole rings is 1. The van der Waals surface area contributed by atoms with E-state index in [0.29, 0.717) is 6.54 Å². The van der Waals surface area contributed by atoms with Crippen LogP contribution in [0.2, 0.25) is 0 Å². The number of pyridine rings is 1. The van der Waals surface area contributed by atoms with Crippen molar-refractivity contribution in [2.75, 3.05) is 13.2 Å². The molecule has 5 heteroatoms. The van der Waals surface area contributed by atoms with E-state index < -0.39 is 0 Å². The lowest BCUT2D eigenvalue weighted by molar-refractivity contribution is 0.184. The highest BCUT2D eigenvalue weighted by Crippen LogP contribution is 2.26. The predicted molar refractivity (Wildman–Crippen MR) is 93.0 cm³/mol. The van der Waals surface area contributed by atoms with Gasteiger partial charge in [-0.3, -0.25) is 9.88 Å². The molecule has 0 radical (unpaired) electrons. The molecule has 0 unspecified atom stereocenters. The number of aromatic nitrogens is 2. The van der Waals surface area contributed by atoms with Crippen LogP contribution in [0.5, 0.6) is 0 Å². The molecule has 0 aliphatic heterocycles. The fourth-order valence-corrected chi connectivity index (χ4v) is 3.38. The van der Waals surface area contributed by atoms with Gasteiger partial charge in [-0.1, -0.05) is 36.4 Å². The van der Waals surface area contributed by atoms with Gasteiger partial charge in [0.2, 0.25) is 0 Å². The molecule has 0 saturated carbocycles. The Morgan fingerprint density at radius 1 is 1.00 bits per heavy atom. The summed E-state index contributed by atoms with van der Waals surface area (Å²) in [7, 11) is 0. The first kappa shape index (κ1) is 15.8. The Kier molecular flexibility index (Phi) is 5.47. The van der Waals surface area contributed by atoms with Crippen molar-refractivity contribution in [3.8, 4) is 10.4 Å². The molecule has 0 fully saturated rings. The van der Waals surface area contributed by atoms with Crippen molar-refractivity contribution in [3.63, 3.8) is 0 Å². The minimum atomic E-state index is 0.136. The number of aliphatic hydroxyl groups excluding tert-OH is 1. The third-order valence-electron chi connectivity index (χ3n) is 3.52. The van der Waals surface area contributed by atoms with Gasteiger partial charge in [-0.15, -0.1) is 11.3 Å². The van der Waals surface area contributed by atoms with Crippen molar-refractivity contribution in [2.24, 2.45) is 0 Å². The summed E-state index contributed by atoms with van der Waals surface area (Å²) in [6.07, 6.45) is 5.56. The van der Waals surface area contributed by atoms with Gasteiger partial charge >= 0.3 is 0 Å². The van der Waals surface area contributed by atoms with Crippen molar-refractivity contribution < 1.29 is 5.11 Å². The average molecular weight is 325 g/mol. The highest BCUT2D eigenvalue weighted by atomic mass is 32.1. The number of benzene rings is 1. The van der Waals surface area contributed by atoms with Gasteiger partial charge < -0.3 is 5.11 Å². The zero-order valence-corrected chi connectivity index (χ0v) is 13.6. The van der Waals surface area contributed by atoms with Crippen LogP contribution in [0.25, 0.3) is 10.4 Å². The Hall–Kier alpha value is -2.08. The van der Waals surface area contributed by atoms with Gasteiger partial charge in [-0.25, -0.2) is 4.98 Å². The molecule has 118 valence electrons. The molecular formula is C18H19N3OS. The molecule has 3 rings (SSSR count). The van der Waals surface area contributed by atoms with Crippen LogP contribution in [-0.4, -0.2) is 33.1 Å². The van der Waals surface area contributed by atoms with Crippen LogP contribution in [-0.2, 0) is 13.1 Å². The van der Waals surface area contributed by atoms with Gasteiger partial charge in [0, 0.05) is 31.7 Å². The van der Waals surface area contributed by atoms with Gasteiger partial charge in [-0.2, -0.15) is 0 Å². The molecule has 0 atom stereocenters. The molecule has 1 N–H and O–H groups in total. The summed E-state index contributed by atoms with van der Waals surface area (Å²) < 4.78 is 0. The Labute approximate surface area is 140 Å². The Balaban J connectivity index is 1.69. The lowest BCUT2D eigenvalue weighted by Crippen LogP contribution is -2.26. The predicted octanol–water partition coefficient (Wildman–Crippen LogP) is 3.20. The van der Waals surface area contributed by atoms with Crippen molar-refractivity contribution in [2.45, 2.75) is 13.1 Å². The first-order valence-corrected chi connectivity index (χ1v) is 8.39. The summed E-state index contributed by atoms with van der Waals surface area (Å²) in [5.74, 6) is 0. The minimum Gasteiger partial charge on any atom is -0.395 e. The van der Waals surface area contributed by atoms with Gasteiger partial charge in [0.25, 0.3) is 0 Å². The first-order valence-electron chi connectivity index (χ1n) is 7.57. The molecule has 0 spiro atoms. The number of aliphatic hydroxyl groups is 1. The lowest BCUT2D eigenvalue weighted by atomic mass is 10.2. The van der Waals surface area contributed by atoms with Gasteiger partial charge in [0.15, 0.2) is 0 Å². The highest BCUT2D eigenvalue weighted by Gasteiger charge is 2.10. The van der Waals surface area contributed by atoms with E-state index in [1.165, 1.54) is 10.4 Å². The molecule has 1 aromatic carbocycles. The normalized spacial score (nSPS) is 11.0. The van der Waals surface area contributed by atoms with Gasteiger partial charge in [0.05, 0.1) is 18.0 Å². The fraction of sp³-hybridized carbons (Fsp3) is 0.222. The van der Waals surface area contributed by atoms with Crippen molar-refractivity contribution in [3.05, 3.63) is 71.6 Å². The molecule has 2 aromatic heterocycles.